The largest absolute Gasteiger partial charge is 0.463 e. The second-order valence-electron chi connectivity index (χ2n) is 9.33. The summed E-state index contributed by atoms with van der Waals surface area (Å²) in [4.78, 5) is 24.7. The highest BCUT2D eigenvalue weighted by Crippen LogP contribution is 2.39. The average molecular weight is 457 g/mol. The highest BCUT2D eigenvalue weighted by molar-refractivity contribution is 6.02. The van der Waals surface area contributed by atoms with E-state index < -0.39 is 12.1 Å². The number of rotatable bonds is 20. The van der Waals surface area contributed by atoms with Gasteiger partial charge in [-0.05, 0) is 43.9 Å². The molecule has 0 bridgehead atoms. The Labute approximate surface area is 195 Å². The first-order valence-corrected chi connectivity index (χ1v) is 13.1. The van der Waals surface area contributed by atoms with Gasteiger partial charge in [0.2, 0.25) is 6.10 Å². The average Bonchev–Trinajstić information content (AvgIpc) is 3.13. The van der Waals surface area contributed by atoms with Crippen LogP contribution in [-0.2, 0) is 19.1 Å². The van der Waals surface area contributed by atoms with E-state index in [9.17, 15) is 14.7 Å². The molecule has 1 aliphatic carbocycles. The Morgan fingerprint density at radius 1 is 0.875 bits per heavy atom. The Kier molecular flexibility index (Phi) is 16.7. The Bertz CT molecular complexity index is 495. The molecular weight excluding hydrogens is 408 g/mol. The van der Waals surface area contributed by atoms with Crippen LogP contribution in [0.5, 0.6) is 0 Å². The maximum Gasteiger partial charge on any atom is 0.343 e. The first kappa shape index (κ1) is 29.1. The summed E-state index contributed by atoms with van der Waals surface area (Å²) in [5, 5.41) is 19.4. The van der Waals surface area contributed by atoms with Gasteiger partial charge in [0.15, 0.2) is 5.78 Å². The third-order valence-corrected chi connectivity index (χ3v) is 6.70. The van der Waals surface area contributed by atoms with Crippen LogP contribution in [0, 0.1) is 11.8 Å². The summed E-state index contributed by atoms with van der Waals surface area (Å²) >= 11 is 0. The number of esters is 1. The molecule has 0 heterocycles. The van der Waals surface area contributed by atoms with E-state index in [1.807, 2.05) is 6.92 Å². The van der Waals surface area contributed by atoms with E-state index in [-0.39, 0.29) is 38.1 Å². The van der Waals surface area contributed by atoms with Crippen LogP contribution in [0.4, 0.5) is 0 Å². The number of ether oxygens (including phenoxy) is 2. The minimum Gasteiger partial charge on any atom is -0.463 e. The smallest absolute Gasteiger partial charge is 0.343 e. The van der Waals surface area contributed by atoms with Crippen molar-refractivity contribution < 1.29 is 29.3 Å². The van der Waals surface area contributed by atoms with E-state index in [4.69, 9.17) is 14.6 Å². The Morgan fingerprint density at radius 2 is 1.56 bits per heavy atom. The molecule has 1 saturated carbocycles. The summed E-state index contributed by atoms with van der Waals surface area (Å²) in [6, 6.07) is 0. The second-order valence-corrected chi connectivity index (χ2v) is 9.33. The Morgan fingerprint density at radius 3 is 2.28 bits per heavy atom. The van der Waals surface area contributed by atoms with Crippen LogP contribution in [0.15, 0.2) is 0 Å². The summed E-state index contributed by atoms with van der Waals surface area (Å²) in [6.45, 7) is 4.21. The van der Waals surface area contributed by atoms with Crippen LogP contribution < -0.4 is 0 Å². The number of Topliss-reactive ketones (excluding diaryl/α,β-unsaturated/α-hetero) is 1. The lowest BCUT2D eigenvalue weighted by Gasteiger charge is -2.22. The SMILES string of the molecule is CCCCCCCC[C@H]1CC[C@H](O)[C@@H]1CCCCC(=O)C(OCCO)C(=O)OCCCC. The second kappa shape index (κ2) is 18.4. The van der Waals surface area contributed by atoms with Crippen molar-refractivity contribution in [2.45, 2.75) is 122 Å². The molecule has 0 radical (unpaired) electrons. The standard InChI is InChI=1S/C26H48O6/c1-3-5-7-8-9-10-13-21-16-17-23(28)22(21)14-11-12-15-24(29)25(31-20-18-27)26(30)32-19-6-4-2/h21-23,25,27-28H,3-20H2,1-2H3/t21-,22+,23-,25?/m0/s1. The fourth-order valence-corrected chi connectivity index (χ4v) is 4.77. The van der Waals surface area contributed by atoms with Gasteiger partial charge in [0.1, 0.15) is 0 Å². The van der Waals surface area contributed by atoms with Crippen molar-refractivity contribution in [3.63, 3.8) is 0 Å². The fourth-order valence-electron chi connectivity index (χ4n) is 4.77. The number of carbonyl (C=O) groups is 2. The first-order chi connectivity index (χ1) is 15.5. The molecule has 0 aromatic rings. The number of carbonyl (C=O) groups excluding carboxylic acids is 2. The number of aliphatic hydroxyl groups is 2. The van der Waals surface area contributed by atoms with Crippen molar-refractivity contribution in [1.29, 1.82) is 0 Å². The monoisotopic (exact) mass is 456 g/mol. The maximum atomic E-state index is 12.5. The van der Waals surface area contributed by atoms with Gasteiger partial charge in [-0.3, -0.25) is 4.79 Å². The molecule has 4 atom stereocenters. The van der Waals surface area contributed by atoms with Crippen molar-refractivity contribution in [2.24, 2.45) is 11.8 Å². The molecule has 2 N–H and O–H groups in total. The molecular formula is C26H48O6. The third kappa shape index (κ3) is 11.8. The molecule has 1 unspecified atom stereocenters. The van der Waals surface area contributed by atoms with Crippen LogP contribution in [0.25, 0.3) is 0 Å². The van der Waals surface area contributed by atoms with Crippen LogP contribution >= 0.6 is 0 Å². The molecule has 1 aliphatic rings. The number of hydrogen-bond acceptors (Lipinski definition) is 6. The number of aliphatic hydroxyl groups excluding tert-OH is 2. The fraction of sp³-hybridized carbons (Fsp3) is 0.923. The molecule has 6 heteroatoms. The van der Waals surface area contributed by atoms with Gasteiger partial charge < -0.3 is 19.7 Å². The lowest BCUT2D eigenvalue weighted by atomic mass is 9.85. The quantitative estimate of drug-likeness (QED) is 0.153. The topological polar surface area (TPSA) is 93.1 Å². The number of unbranched alkanes of at least 4 members (excludes halogenated alkanes) is 7. The minimum absolute atomic E-state index is 0.0618. The van der Waals surface area contributed by atoms with E-state index in [1.54, 1.807) is 0 Å². The van der Waals surface area contributed by atoms with Gasteiger partial charge in [0.25, 0.3) is 0 Å². The summed E-state index contributed by atoms with van der Waals surface area (Å²) in [5.41, 5.74) is 0. The molecule has 1 rings (SSSR count). The summed E-state index contributed by atoms with van der Waals surface area (Å²) in [7, 11) is 0. The Balaban J connectivity index is 2.35. The summed E-state index contributed by atoms with van der Waals surface area (Å²) in [6.07, 6.45) is 13.9. The van der Waals surface area contributed by atoms with Crippen LogP contribution in [0.3, 0.4) is 0 Å². The van der Waals surface area contributed by atoms with E-state index in [1.165, 1.54) is 44.9 Å². The van der Waals surface area contributed by atoms with Crippen molar-refractivity contribution in [3.05, 3.63) is 0 Å². The number of ketones is 1. The van der Waals surface area contributed by atoms with Crippen LogP contribution in [-0.4, -0.2) is 54.0 Å². The van der Waals surface area contributed by atoms with Gasteiger partial charge >= 0.3 is 5.97 Å². The Hall–Kier alpha value is -0.980. The van der Waals surface area contributed by atoms with Crippen molar-refractivity contribution >= 4 is 11.8 Å². The third-order valence-electron chi connectivity index (χ3n) is 6.70. The van der Waals surface area contributed by atoms with Gasteiger partial charge in [0.05, 0.1) is 25.9 Å². The molecule has 32 heavy (non-hydrogen) atoms. The van der Waals surface area contributed by atoms with E-state index in [0.717, 1.165) is 38.5 Å². The van der Waals surface area contributed by atoms with E-state index >= 15 is 0 Å². The molecule has 0 saturated heterocycles. The van der Waals surface area contributed by atoms with Crippen LogP contribution in [0.1, 0.15) is 110 Å². The van der Waals surface area contributed by atoms with Gasteiger partial charge in [-0.25, -0.2) is 4.79 Å². The lowest BCUT2D eigenvalue weighted by Crippen LogP contribution is -2.35. The van der Waals surface area contributed by atoms with E-state index in [0.29, 0.717) is 18.3 Å². The molecule has 1 fully saturated rings. The van der Waals surface area contributed by atoms with Crippen molar-refractivity contribution in [1.82, 2.24) is 0 Å². The predicted molar refractivity (Wildman–Crippen MR) is 126 cm³/mol. The molecule has 0 aliphatic heterocycles. The molecule has 0 aromatic heterocycles. The normalized spacial score (nSPS) is 21.6. The highest BCUT2D eigenvalue weighted by Gasteiger charge is 2.34. The molecule has 0 spiro atoms. The highest BCUT2D eigenvalue weighted by atomic mass is 16.6. The number of hydrogen-bond donors (Lipinski definition) is 2. The van der Waals surface area contributed by atoms with Gasteiger partial charge in [-0.1, -0.05) is 71.6 Å². The zero-order valence-electron chi connectivity index (χ0n) is 20.6. The maximum absolute atomic E-state index is 12.5. The van der Waals surface area contributed by atoms with E-state index in [2.05, 4.69) is 6.92 Å². The molecule has 0 amide bonds. The predicted octanol–water partition coefficient (Wildman–Crippen LogP) is 4.97. The van der Waals surface area contributed by atoms with Gasteiger partial charge in [-0.15, -0.1) is 0 Å². The summed E-state index contributed by atoms with van der Waals surface area (Å²) in [5.74, 6) is -0.0000843. The summed E-state index contributed by atoms with van der Waals surface area (Å²) < 4.78 is 10.4. The van der Waals surface area contributed by atoms with Gasteiger partial charge in [0, 0.05) is 6.42 Å². The van der Waals surface area contributed by atoms with Crippen molar-refractivity contribution in [3.8, 4) is 0 Å². The molecule has 0 aromatic carbocycles. The zero-order chi connectivity index (χ0) is 23.6. The van der Waals surface area contributed by atoms with Crippen molar-refractivity contribution in [2.75, 3.05) is 19.8 Å². The lowest BCUT2D eigenvalue weighted by molar-refractivity contribution is -0.162. The van der Waals surface area contributed by atoms with Crippen LogP contribution in [0.2, 0.25) is 0 Å². The minimum atomic E-state index is -1.24. The van der Waals surface area contributed by atoms with Gasteiger partial charge in [-0.2, -0.15) is 0 Å². The molecule has 6 nitrogen and oxygen atoms in total. The molecule has 188 valence electrons. The first-order valence-electron chi connectivity index (χ1n) is 13.1. The zero-order valence-corrected chi connectivity index (χ0v) is 20.6.